The van der Waals surface area contributed by atoms with Crippen LogP contribution in [-0.2, 0) is 17.8 Å². The molecule has 0 aliphatic rings. The zero-order chi connectivity index (χ0) is 16.9. The van der Waals surface area contributed by atoms with Crippen LogP contribution in [0.4, 0.5) is 4.79 Å². The Hall–Kier alpha value is -2.63. The Labute approximate surface area is 139 Å². The first-order chi connectivity index (χ1) is 11.7. The topological polar surface area (TPSA) is 71.7 Å². The summed E-state index contributed by atoms with van der Waals surface area (Å²) in [6, 6.07) is 15.2. The molecular formula is C19H19NO4. The van der Waals surface area contributed by atoms with E-state index in [-0.39, 0.29) is 13.2 Å². The monoisotopic (exact) mass is 325 g/mol. The second-order valence-corrected chi connectivity index (χ2v) is 5.71. The lowest BCUT2D eigenvalue weighted by Gasteiger charge is -2.06. The normalized spacial score (nSPS) is 12.2. The summed E-state index contributed by atoms with van der Waals surface area (Å²) in [6.07, 6.45) is 2.58. The third kappa shape index (κ3) is 3.82. The van der Waals surface area contributed by atoms with E-state index in [4.69, 9.17) is 9.84 Å². The van der Waals surface area contributed by atoms with Gasteiger partial charge in [-0.2, -0.15) is 0 Å². The summed E-state index contributed by atoms with van der Waals surface area (Å²) in [7, 11) is 0. The first-order valence-electron chi connectivity index (χ1n) is 7.76. The molecule has 2 aromatic carbocycles. The van der Waals surface area contributed by atoms with E-state index in [1.807, 2.05) is 48.5 Å². The maximum Gasteiger partial charge on any atom is 0.418 e. The molecule has 2 N–H and O–H groups in total. The summed E-state index contributed by atoms with van der Waals surface area (Å²) in [5.41, 5.74) is 1.84. The predicted octanol–water partition coefficient (Wildman–Crippen LogP) is 2.72. The molecule has 3 aromatic rings. The van der Waals surface area contributed by atoms with Gasteiger partial charge < -0.3 is 14.9 Å². The van der Waals surface area contributed by atoms with Gasteiger partial charge in [-0.3, -0.25) is 4.57 Å². The fourth-order valence-corrected chi connectivity index (χ4v) is 2.55. The number of ether oxygens (including phenoxy) is 1. The van der Waals surface area contributed by atoms with Crippen LogP contribution in [0.3, 0.4) is 0 Å². The number of aliphatic hydroxyl groups is 2. The Morgan fingerprint density at radius 1 is 1.04 bits per heavy atom. The molecular weight excluding hydrogens is 306 g/mol. The lowest BCUT2D eigenvalue weighted by atomic mass is 10.1. The average molecular weight is 325 g/mol. The van der Waals surface area contributed by atoms with Gasteiger partial charge in [0, 0.05) is 24.2 Å². The van der Waals surface area contributed by atoms with Crippen LogP contribution >= 0.6 is 0 Å². The molecule has 0 aliphatic heterocycles. The van der Waals surface area contributed by atoms with Crippen LogP contribution < -0.4 is 0 Å². The number of hydrogen-bond donors (Lipinski definition) is 2. The van der Waals surface area contributed by atoms with Gasteiger partial charge in [-0.05, 0) is 22.6 Å². The van der Waals surface area contributed by atoms with Gasteiger partial charge in [-0.25, -0.2) is 4.79 Å². The maximum absolute atomic E-state index is 12.2. The van der Waals surface area contributed by atoms with Crippen LogP contribution in [0.1, 0.15) is 11.1 Å². The number of hydrogen-bond acceptors (Lipinski definition) is 4. The number of aliphatic hydroxyl groups excluding tert-OH is 2. The van der Waals surface area contributed by atoms with E-state index in [0.29, 0.717) is 6.42 Å². The summed E-state index contributed by atoms with van der Waals surface area (Å²) < 4.78 is 6.72. The summed E-state index contributed by atoms with van der Waals surface area (Å²) in [6.45, 7) is -0.0486. The molecule has 3 rings (SSSR count). The van der Waals surface area contributed by atoms with Crippen molar-refractivity contribution in [2.24, 2.45) is 0 Å². The summed E-state index contributed by atoms with van der Waals surface area (Å²) >= 11 is 0. The fraction of sp³-hybridized carbons (Fsp3) is 0.211. The number of nitrogens with zero attached hydrogens (tertiary/aromatic N) is 1. The van der Waals surface area contributed by atoms with Crippen LogP contribution in [0.2, 0.25) is 0 Å². The lowest BCUT2D eigenvalue weighted by Crippen LogP contribution is -2.14. The maximum atomic E-state index is 12.2. The molecule has 5 heteroatoms. The summed E-state index contributed by atoms with van der Waals surface area (Å²) in [4.78, 5) is 12.2. The van der Waals surface area contributed by atoms with Crippen molar-refractivity contribution in [3.8, 4) is 0 Å². The van der Waals surface area contributed by atoms with Crippen molar-refractivity contribution >= 4 is 16.9 Å². The third-order valence-corrected chi connectivity index (χ3v) is 3.81. The highest BCUT2D eigenvalue weighted by atomic mass is 16.5. The minimum absolute atomic E-state index is 0.224. The molecule has 1 aromatic heterocycles. The SMILES string of the molecule is O=C(OCc1ccccc1)n1cc2ccc(CC(O)CO)cc2c1. The number of aromatic nitrogens is 1. The summed E-state index contributed by atoms with van der Waals surface area (Å²) in [5, 5.41) is 20.2. The Morgan fingerprint density at radius 2 is 1.79 bits per heavy atom. The van der Waals surface area contributed by atoms with Crippen LogP contribution in [0.5, 0.6) is 0 Å². The third-order valence-electron chi connectivity index (χ3n) is 3.81. The van der Waals surface area contributed by atoms with Crippen LogP contribution in [0.25, 0.3) is 10.8 Å². The van der Waals surface area contributed by atoms with Crippen LogP contribution in [0, 0.1) is 0 Å². The van der Waals surface area contributed by atoms with Gasteiger partial charge in [0.1, 0.15) is 6.61 Å². The van der Waals surface area contributed by atoms with Crippen LogP contribution in [-0.4, -0.2) is 33.6 Å². The highest BCUT2D eigenvalue weighted by Crippen LogP contribution is 2.19. The number of benzene rings is 2. The van der Waals surface area contributed by atoms with Gasteiger partial charge >= 0.3 is 6.09 Å². The van der Waals surface area contributed by atoms with Gasteiger partial charge in [0.05, 0.1) is 12.7 Å². The van der Waals surface area contributed by atoms with Gasteiger partial charge in [0.2, 0.25) is 0 Å². The first-order valence-corrected chi connectivity index (χ1v) is 7.76. The zero-order valence-corrected chi connectivity index (χ0v) is 13.1. The van der Waals surface area contributed by atoms with E-state index in [1.54, 1.807) is 12.4 Å². The van der Waals surface area contributed by atoms with Crippen molar-refractivity contribution < 1.29 is 19.7 Å². The van der Waals surface area contributed by atoms with Crippen molar-refractivity contribution in [3.63, 3.8) is 0 Å². The molecule has 0 spiro atoms. The Kier molecular flexibility index (Phi) is 4.93. The van der Waals surface area contributed by atoms with E-state index in [0.717, 1.165) is 21.9 Å². The van der Waals surface area contributed by atoms with Crippen molar-refractivity contribution in [1.82, 2.24) is 4.57 Å². The Balaban J connectivity index is 1.71. The molecule has 1 atom stereocenters. The highest BCUT2D eigenvalue weighted by molar-refractivity contribution is 5.87. The van der Waals surface area contributed by atoms with E-state index >= 15 is 0 Å². The fourth-order valence-electron chi connectivity index (χ4n) is 2.55. The largest absolute Gasteiger partial charge is 0.444 e. The van der Waals surface area contributed by atoms with Gasteiger partial charge in [0.25, 0.3) is 0 Å². The molecule has 124 valence electrons. The number of carbonyl (C=O) groups is 1. The molecule has 0 aliphatic carbocycles. The molecule has 0 amide bonds. The molecule has 0 bridgehead atoms. The number of carbonyl (C=O) groups excluding carboxylic acids is 1. The van der Waals surface area contributed by atoms with Gasteiger partial charge in [0.15, 0.2) is 0 Å². The predicted molar refractivity (Wildman–Crippen MR) is 90.8 cm³/mol. The number of fused-ring (bicyclic) bond motifs is 1. The smallest absolute Gasteiger partial charge is 0.418 e. The quantitative estimate of drug-likeness (QED) is 0.756. The Bertz CT molecular complexity index is 826. The highest BCUT2D eigenvalue weighted by Gasteiger charge is 2.10. The first kappa shape index (κ1) is 16.2. The molecule has 1 unspecified atom stereocenters. The Morgan fingerprint density at radius 3 is 2.54 bits per heavy atom. The molecule has 5 nitrogen and oxygen atoms in total. The minimum atomic E-state index is -0.777. The molecule has 0 radical (unpaired) electrons. The second kappa shape index (κ2) is 7.29. The standard InChI is InChI=1S/C19H19NO4/c21-12-18(22)9-15-6-7-16-10-20(11-17(16)8-15)19(23)24-13-14-4-2-1-3-5-14/h1-8,10-11,18,21-22H,9,12-13H2. The van der Waals surface area contributed by atoms with Crippen molar-refractivity contribution in [2.75, 3.05) is 6.61 Å². The van der Waals surface area contributed by atoms with Crippen molar-refractivity contribution in [2.45, 2.75) is 19.1 Å². The minimum Gasteiger partial charge on any atom is -0.444 e. The van der Waals surface area contributed by atoms with E-state index in [2.05, 4.69) is 0 Å². The van der Waals surface area contributed by atoms with Gasteiger partial charge in [-0.15, -0.1) is 0 Å². The lowest BCUT2D eigenvalue weighted by molar-refractivity contribution is 0.0955. The molecule has 0 saturated carbocycles. The summed E-state index contributed by atoms with van der Waals surface area (Å²) in [5.74, 6) is 0. The molecule has 0 fully saturated rings. The number of rotatable bonds is 5. The van der Waals surface area contributed by atoms with Crippen LogP contribution in [0.15, 0.2) is 60.9 Å². The van der Waals surface area contributed by atoms with Crippen molar-refractivity contribution in [3.05, 3.63) is 72.1 Å². The average Bonchev–Trinajstić information content (AvgIpc) is 3.04. The molecule has 0 saturated heterocycles. The second-order valence-electron chi connectivity index (χ2n) is 5.71. The zero-order valence-electron chi connectivity index (χ0n) is 13.1. The van der Waals surface area contributed by atoms with E-state index < -0.39 is 12.2 Å². The van der Waals surface area contributed by atoms with E-state index in [1.165, 1.54) is 4.57 Å². The van der Waals surface area contributed by atoms with Crippen molar-refractivity contribution in [1.29, 1.82) is 0 Å². The van der Waals surface area contributed by atoms with E-state index in [9.17, 15) is 9.90 Å². The van der Waals surface area contributed by atoms with Gasteiger partial charge in [-0.1, -0.05) is 42.5 Å². The molecule has 24 heavy (non-hydrogen) atoms. The molecule has 1 heterocycles.